The van der Waals surface area contributed by atoms with Crippen molar-refractivity contribution >= 4 is 27.5 Å². The van der Waals surface area contributed by atoms with E-state index in [0.29, 0.717) is 6.42 Å². The lowest BCUT2D eigenvalue weighted by Gasteiger charge is -2.21. The van der Waals surface area contributed by atoms with Crippen LogP contribution in [0.1, 0.15) is 43.4 Å². The summed E-state index contributed by atoms with van der Waals surface area (Å²) in [7, 11) is -2.49. The number of hydrogen-bond acceptors (Lipinski definition) is 5. The molecule has 2 aromatic rings. The third-order valence-electron chi connectivity index (χ3n) is 4.94. The van der Waals surface area contributed by atoms with Gasteiger partial charge in [0.15, 0.2) is 0 Å². The molecule has 2 aromatic carbocycles. The van der Waals surface area contributed by atoms with Crippen LogP contribution in [0.3, 0.4) is 0 Å². The quantitative estimate of drug-likeness (QED) is 0.700. The number of nitrogens with zero attached hydrogens (tertiary/aromatic N) is 1. The Kier molecular flexibility index (Phi) is 6.04. The van der Waals surface area contributed by atoms with Crippen molar-refractivity contribution < 1.29 is 22.7 Å². The number of benzene rings is 2. The molecule has 1 atom stereocenters. The minimum absolute atomic E-state index is 0.0358. The van der Waals surface area contributed by atoms with E-state index >= 15 is 0 Å². The molecule has 3 rings (SSSR count). The maximum atomic E-state index is 13.0. The van der Waals surface area contributed by atoms with Crippen LogP contribution < -0.4 is 14.4 Å². The van der Waals surface area contributed by atoms with Gasteiger partial charge in [-0.15, -0.1) is 0 Å². The summed E-state index contributed by atoms with van der Waals surface area (Å²) < 4.78 is 34.0. The molecule has 1 heterocycles. The number of rotatable bonds is 7. The molecule has 0 spiro atoms. The number of ether oxygens (including phenoxy) is 1. The minimum atomic E-state index is -3.90. The molecule has 1 saturated heterocycles. The second-order valence-corrected chi connectivity index (χ2v) is 8.66. The lowest BCUT2D eigenvalue weighted by Crippen LogP contribution is -2.31. The van der Waals surface area contributed by atoms with E-state index in [4.69, 9.17) is 4.74 Å². The van der Waals surface area contributed by atoms with Gasteiger partial charge in [-0.05, 0) is 37.1 Å². The number of amides is 2. The first-order chi connectivity index (χ1) is 13.8. The second kappa shape index (κ2) is 8.34. The topological polar surface area (TPSA) is 92.8 Å². The highest BCUT2D eigenvalue weighted by Crippen LogP contribution is 2.34. The predicted octanol–water partition coefficient (Wildman–Crippen LogP) is 3.09. The smallest absolute Gasteiger partial charge is 0.241 e. The standard InChI is InChI=1S/C21H24N2O5S/c1-4-17(15-7-5-14(2)6-8-15)22-29(26,27)16-9-10-19(28-3)18(13-16)23-20(24)11-12-21(23)25/h5-10,13,17,22H,4,11-12H2,1-3H3/t17-/m0/s1. The Balaban J connectivity index is 1.96. The van der Waals surface area contributed by atoms with Crippen molar-refractivity contribution in [2.24, 2.45) is 0 Å². The molecule has 1 aliphatic rings. The van der Waals surface area contributed by atoms with E-state index in [1.165, 1.54) is 25.3 Å². The number of sulfonamides is 1. The average molecular weight is 416 g/mol. The van der Waals surface area contributed by atoms with Crippen molar-refractivity contribution in [3.63, 3.8) is 0 Å². The van der Waals surface area contributed by atoms with Crippen LogP contribution in [0.25, 0.3) is 0 Å². The summed E-state index contributed by atoms with van der Waals surface area (Å²) in [5.41, 5.74) is 2.10. The zero-order chi connectivity index (χ0) is 21.2. The first-order valence-corrected chi connectivity index (χ1v) is 10.9. The van der Waals surface area contributed by atoms with Gasteiger partial charge in [-0.25, -0.2) is 18.0 Å². The molecule has 154 valence electrons. The molecule has 0 unspecified atom stereocenters. The first kappa shape index (κ1) is 21.0. The maximum Gasteiger partial charge on any atom is 0.241 e. The third-order valence-corrected chi connectivity index (χ3v) is 6.41. The van der Waals surface area contributed by atoms with Gasteiger partial charge in [0.1, 0.15) is 5.75 Å². The summed E-state index contributed by atoms with van der Waals surface area (Å²) in [5.74, 6) is -0.484. The molecule has 1 N–H and O–H groups in total. The van der Waals surface area contributed by atoms with Crippen molar-refractivity contribution in [2.45, 2.75) is 44.0 Å². The summed E-state index contributed by atoms with van der Waals surface area (Å²) in [6.07, 6.45) is 0.763. The molecule has 29 heavy (non-hydrogen) atoms. The summed E-state index contributed by atoms with van der Waals surface area (Å²) >= 11 is 0. The lowest BCUT2D eigenvalue weighted by molar-refractivity contribution is -0.121. The molecule has 0 aromatic heterocycles. The average Bonchev–Trinajstić information content (AvgIpc) is 3.04. The van der Waals surface area contributed by atoms with Crippen LogP contribution in [-0.2, 0) is 19.6 Å². The molecule has 7 nitrogen and oxygen atoms in total. The fraction of sp³-hybridized carbons (Fsp3) is 0.333. The van der Waals surface area contributed by atoms with Crippen LogP contribution in [0, 0.1) is 6.92 Å². The van der Waals surface area contributed by atoms with Crippen LogP contribution in [-0.4, -0.2) is 27.3 Å². The van der Waals surface area contributed by atoms with Crippen molar-refractivity contribution in [2.75, 3.05) is 12.0 Å². The number of imide groups is 1. The fourth-order valence-corrected chi connectivity index (χ4v) is 4.63. The summed E-state index contributed by atoms with van der Waals surface area (Å²) in [4.78, 5) is 25.2. The van der Waals surface area contributed by atoms with Gasteiger partial charge in [0.05, 0.1) is 17.7 Å². The van der Waals surface area contributed by atoms with Crippen molar-refractivity contribution in [3.05, 3.63) is 53.6 Å². The van der Waals surface area contributed by atoms with Crippen LogP contribution in [0.2, 0.25) is 0 Å². The molecule has 1 aliphatic heterocycles. The maximum absolute atomic E-state index is 13.0. The molecule has 1 fully saturated rings. The highest BCUT2D eigenvalue weighted by molar-refractivity contribution is 7.89. The number of hydrogen-bond donors (Lipinski definition) is 1. The zero-order valence-corrected chi connectivity index (χ0v) is 17.5. The van der Waals surface area contributed by atoms with Gasteiger partial charge in [-0.2, -0.15) is 0 Å². The largest absolute Gasteiger partial charge is 0.495 e. The summed E-state index contributed by atoms with van der Waals surface area (Å²) in [5, 5.41) is 0. The minimum Gasteiger partial charge on any atom is -0.495 e. The van der Waals surface area contributed by atoms with Crippen molar-refractivity contribution in [3.8, 4) is 5.75 Å². The van der Waals surface area contributed by atoms with E-state index in [0.717, 1.165) is 16.0 Å². The van der Waals surface area contributed by atoms with Crippen LogP contribution in [0.5, 0.6) is 5.75 Å². The van der Waals surface area contributed by atoms with Gasteiger partial charge in [-0.3, -0.25) is 9.59 Å². The first-order valence-electron chi connectivity index (χ1n) is 9.39. The number of carbonyl (C=O) groups excluding carboxylic acids is 2. The van der Waals surface area contributed by atoms with Gasteiger partial charge in [-0.1, -0.05) is 36.8 Å². The molecule has 8 heteroatoms. The zero-order valence-electron chi connectivity index (χ0n) is 16.6. The van der Waals surface area contributed by atoms with Gasteiger partial charge < -0.3 is 4.74 Å². The fourth-order valence-electron chi connectivity index (χ4n) is 3.30. The van der Waals surface area contributed by atoms with Gasteiger partial charge >= 0.3 is 0 Å². The van der Waals surface area contributed by atoms with Crippen LogP contribution in [0.15, 0.2) is 47.4 Å². The Morgan fingerprint density at radius 2 is 1.69 bits per heavy atom. The van der Waals surface area contributed by atoms with Crippen molar-refractivity contribution in [1.29, 1.82) is 0 Å². The summed E-state index contributed by atoms with van der Waals surface area (Å²) in [6.45, 7) is 3.86. The van der Waals surface area contributed by atoms with E-state index in [1.807, 2.05) is 38.1 Å². The Bertz CT molecular complexity index is 1020. The van der Waals surface area contributed by atoms with E-state index < -0.39 is 16.1 Å². The van der Waals surface area contributed by atoms with E-state index in [1.54, 1.807) is 0 Å². The Hall–Kier alpha value is -2.71. The molecule has 0 saturated carbocycles. The molecule has 0 radical (unpaired) electrons. The number of aryl methyl sites for hydroxylation is 1. The number of anilines is 1. The molecule has 0 bridgehead atoms. The number of carbonyl (C=O) groups is 2. The summed E-state index contributed by atoms with van der Waals surface area (Å²) in [6, 6.07) is 11.4. The Labute approximate surface area is 170 Å². The van der Waals surface area contributed by atoms with Crippen molar-refractivity contribution in [1.82, 2.24) is 4.72 Å². The van der Waals surface area contributed by atoms with E-state index in [2.05, 4.69) is 4.72 Å². The van der Waals surface area contributed by atoms with Gasteiger partial charge in [0.25, 0.3) is 0 Å². The molecular weight excluding hydrogens is 392 g/mol. The van der Waals surface area contributed by atoms with Gasteiger partial charge in [0, 0.05) is 18.9 Å². The molecule has 0 aliphatic carbocycles. The Morgan fingerprint density at radius 1 is 1.07 bits per heavy atom. The van der Waals surface area contributed by atoms with Crippen LogP contribution >= 0.6 is 0 Å². The SMILES string of the molecule is CC[C@H](NS(=O)(=O)c1ccc(OC)c(N2C(=O)CCC2=O)c1)c1ccc(C)cc1. The van der Waals surface area contributed by atoms with Crippen LogP contribution in [0.4, 0.5) is 5.69 Å². The third kappa shape index (κ3) is 4.33. The van der Waals surface area contributed by atoms with E-state index in [-0.39, 0.29) is 41.0 Å². The number of methoxy groups -OCH3 is 1. The predicted molar refractivity (Wildman–Crippen MR) is 109 cm³/mol. The van der Waals surface area contributed by atoms with Gasteiger partial charge in [0.2, 0.25) is 21.8 Å². The molecular formula is C21H24N2O5S. The number of nitrogens with one attached hydrogen (secondary N) is 1. The second-order valence-electron chi connectivity index (χ2n) is 6.95. The Morgan fingerprint density at radius 3 is 2.24 bits per heavy atom. The highest BCUT2D eigenvalue weighted by Gasteiger charge is 2.33. The molecule has 2 amide bonds. The lowest BCUT2D eigenvalue weighted by atomic mass is 10.0. The monoisotopic (exact) mass is 416 g/mol. The normalized spacial score (nSPS) is 15.6. The van der Waals surface area contributed by atoms with E-state index in [9.17, 15) is 18.0 Å². The highest BCUT2D eigenvalue weighted by atomic mass is 32.2.